The van der Waals surface area contributed by atoms with Crippen molar-refractivity contribution < 1.29 is 14.8 Å². The number of carboxylic acids is 1. The number of rotatable bonds is 2. The van der Waals surface area contributed by atoms with Gasteiger partial charge in [0.2, 0.25) is 0 Å². The van der Waals surface area contributed by atoms with Crippen LogP contribution in [0, 0.1) is 11.8 Å². The molecule has 0 aliphatic carbocycles. The standard InChI is InChI=1S/C9H15NO2/c11-9(12)5-8-6-10-3-1-7(8)2-4-10/h7-8H,1-6H2,(H,11,12)/p+1/t8-/m1/s1. The molecule has 0 radical (unpaired) electrons. The molecule has 0 unspecified atom stereocenters. The van der Waals surface area contributed by atoms with E-state index >= 15 is 0 Å². The predicted octanol–water partition coefficient (Wildman–Crippen LogP) is -0.614. The van der Waals surface area contributed by atoms with Crippen molar-refractivity contribution in [3.63, 3.8) is 0 Å². The van der Waals surface area contributed by atoms with Gasteiger partial charge in [0, 0.05) is 18.8 Å². The highest BCUT2D eigenvalue weighted by molar-refractivity contribution is 5.67. The van der Waals surface area contributed by atoms with Crippen molar-refractivity contribution in [1.29, 1.82) is 0 Å². The molecule has 0 aromatic heterocycles. The fraction of sp³-hybridized carbons (Fsp3) is 0.889. The Labute approximate surface area is 72.4 Å². The van der Waals surface area contributed by atoms with Crippen LogP contribution < -0.4 is 4.90 Å². The molecule has 68 valence electrons. The number of quaternary nitrogens is 1. The SMILES string of the molecule is O=C(O)C[C@@H]1C[NH+]2CCC1CC2. The molecule has 3 aliphatic heterocycles. The number of carbonyl (C=O) groups is 1. The van der Waals surface area contributed by atoms with Crippen LogP contribution in [0.2, 0.25) is 0 Å². The van der Waals surface area contributed by atoms with Crippen LogP contribution in [0.25, 0.3) is 0 Å². The first-order valence-corrected chi connectivity index (χ1v) is 4.81. The first-order chi connectivity index (χ1) is 5.75. The van der Waals surface area contributed by atoms with Crippen LogP contribution in [-0.4, -0.2) is 30.7 Å². The molecule has 0 saturated carbocycles. The van der Waals surface area contributed by atoms with Gasteiger partial charge in [-0.25, -0.2) is 0 Å². The molecule has 2 bridgehead atoms. The summed E-state index contributed by atoms with van der Waals surface area (Å²) in [7, 11) is 0. The lowest BCUT2D eigenvalue weighted by molar-refractivity contribution is -0.921. The third-order valence-corrected chi connectivity index (χ3v) is 3.39. The molecule has 0 amide bonds. The van der Waals surface area contributed by atoms with Crippen LogP contribution in [0.3, 0.4) is 0 Å². The van der Waals surface area contributed by atoms with E-state index in [1.807, 2.05) is 0 Å². The number of carboxylic acid groups (broad SMARTS) is 1. The number of fused-ring (bicyclic) bond motifs is 3. The molecule has 3 saturated heterocycles. The summed E-state index contributed by atoms with van der Waals surface area (Å²) in [6, 6.07) is 0. The van der Waals surface area contributed by atoms with Crippen LogP contribution >= 0.6 is 0 Å². The minimum Gasteiger partial charge on any atom is -0.481 e. The lowest BCUT2D eigenvalue weighted by Crippen LogP contribution is -3.15. The highest BCUT2D eigenvalue weighted by atomic mass is 16.4. The lowest BCUT2D eigenvalue weighted by atomic mass is 9.77. The van der Waals surface area contributed by atoms with E-state index in [4.69, 9.17) is 5.11 Å². The van der Waals surface area contributed by atoms with Gasteiger partial charge in [-0.2, -0.15) is 0 Å². The van der Waals surface area contributed by atoms with E-state index in [0.29, 0.717) is 12.3 Å². The molecular formula is C9H16NO2+. The minimum atomic E-state index is -0.617. The normalized spacial score (nSPS) is 39.8. The molecule has 3 heterocycles. The van der Waals surface area contributed by atoms with Crippen molar-refractivity contribution in [1.82, 2.24) is 0 Å². The second-order valence-corrected chi connectivity index (χ2v) is 4.15. The van der Waals surface area contributed by atoms with Crippen molar-refractivity contribution in [3.05, 3.63) is 0 Å². The Hall–Kier alpha value is -0.570. The average molecular weight is 170 g/mol. The monoisotopic (exact) mass is 170 g/mol. The number of piperidine rings is 3. The molecular weight excluding hydrogens is 154 g/mol. The Bertz CT molecular complexity index is 185. The molecule has 3 rings (SSSR count). The van der Waals surface area contributed by atoms with Crippen LogP contribution in [0.15, 0.2) is 0 Å². The second kappa shape index (κ2) is 3.05. The number of hydrogen-bond donors (Lipinski definition) is 2. The van der Waals surface area contributed by atoms with Gasteiger partial charge in [-0.1, -0.05) is 0 Å². The molecule has 3 aliphatic rings. The summed E-state index contributed by atoms with van der Waals surface area (Å²) in [6.45, 7) is 3.67. The Morgan fingerprint density at radius 2 is 2.08 bits per heavy atom. The number of nitrogens with one attached hydrogen (secondary N) is 1. The largest absolute Gasteiger partial charge is 0.481 e. The maximum absolute atomic E-state index is 10.5. The smallest absolute Gasteiger partial charge is 0.303 e. The molecule has 0 aromatic rings. The van der Waals surface area contributed by atoms with Crippen molar-refractivity contribution in [2.45, 2.75) is 19.3 Å². The van der Waals surface area contributed by atoms with E-state index in [1.54, 1.807) is 4.90 Å². The zero-order valence-electron chi connectivity index (χ0n) is 7.25. The van der Waals surface area contributed by atoms with Crippen molar-refractivity contribution in [2.75, 3.05) is 19.6 Å². The fourth-order valence-electron chi connectivity index (χ4n) is 2.72. The minimum absolute atomic E-state index is 0.397. The van der Waals surface area contributed by atoms with Crippen LogP contribution in [0.4, 0.5) is 0 Å². The first kappa shape index (κ1) is 8.05. The van der Waals surface area contributed by atoms with Gasteiger partial charge in [0.1, 0.15) is 0 Å². The van der Waals surface area contributed by atoms with E-state index in [-0.39, 0.29) is 0 Å². The predicted molar refractivity (Wildman–Crippen MR) is 44.0 cm³/mol. The van der Waals surface area contributed by atoms with Crippen molar-refractivity contribution >= 4 is 5.97 Å². The Kier molecular flexibility index (Phi) is 2.05. The van der Waals surface area contributed by atoms with Crippen LogP contribution in [0.1, 0.15) is 19.3 Å². The van der Waals surface area contributed by atoms with E-state index in [1.165, 1.54) is 25.9 Å². The van der Waals surface area contributed by atoms with E-state index in [2.05, 4.69) is 0 Å². The number of hydrogen-bond acceptors (Lipinski definition) is 1. The van der Waals surface area contributed by atoms with Gasteiger partial charge >= 0.3 is 5.97 Å². The molecule has 12 heavy (non-hydrogen) atoms. The zero-order chi connectivity index (χ0) is 8.55. The average Bonchev–Trinajstić information content (AvgIpc) is 2.05. The Morgan fingerprint density at radius 3 is 2.50 bits per heavy atom. The molecule has 3 fully saturated rings. The summed E-state index contributed by atoms with van der Waals surface area (Å²) in [6.07, 6.45) is 2.91. The summed E-state index contributed by atoms with van der Waals surface area (Å²) in [5.41, 5.74) is 0. The molecule has 3 nitrogen and oxygen atoms in total. The van der Waals surface area contributed by atoms with Gasteiger partial charge in [0.25, 0.3) is 0 Å². The molecule has 2 N–H and O–H groups in total. The fourth-order valence-corrected chi connectivity index (χ4v) is 2.72. The highest BCUT2D eigenvalue weighted by Crippen LogP contribution is 2.26. The highest BCUT2D eigenvalue weighted by Gasteiger charge is 2.38. The van der Waals surface area contributed by atoms with Gasteiger partial charge in [-0.05, 0) is 5.92 Å². The van der Waals surface area contributed by atoms with Gasteiger partial charge in [0.05, 0.1) is 26.1 Å². The van der Waals surface area contributed by atoms with Crippen molar-refractivity contribution in [2.24, 2.45) is 11.8 Å². The topological polar surface area (TPSA) is 41.7 Å². The van der Waals surface area contributed by atoms with E-state index in [0.717, 1.165) is 12.5 Å². The van der Waals surface area contributed by atoms with E-state index in [9.17, 15) is 4.79 Å². The van der Waals surface area contributed by atoms with Gasteiger partial charge in [0.15, 0.2) is 0 Å². The molecule has 1 atom stereocenters. The Morgan fingerprint density at radius 1 is 1.42 bits per heavy atom. The lowest BCUT2D eigenvalue weighted by Gasteiger charge is -2.41. The van der Waals surface area contributed by atoms with Gasteiger partial charge in [-0.15, -0.1) is 0 Å². The third-order valence-electron chi connectivity index (χ3n) is 3.39. The first-order valence-electron chi connectivity index (χ1n) is 4.81. The zero-order valence-corrected chi connectivity index (χ0v) is 7.25. The second-order valence-electron chi connectivity index (χ2n) is 4.15. The summed E-state index contributed by atoms with van der Waals surface area (Å²) < 4.78 is 0. The number of aliphatic carboxylic acids is 1. The molecule has 3 heteroatoms. The van der Waals surface area contributed by atoms with Crippen LogP contribution in [-0.2, 0) is 4.79 Å². The van der Waals surface area contributed by atoms with E-state index < -0.39 is 5.97 Å². The van der Waals surface area contributed by atoms with Gasteiger partial charge in [-0.3, -0.25) is 4.79 Å². The maximum atomic E-state index is 10.5. The summed E-state index contributed by atoms with van der Waals surface area (Å²) in [5, 5.41) is 8.68. The molecule has 0 aromatic carbocycles. The Balaban J connectivity index is 1.95. The molecule has 0 spiro atoms. The summed E-state index contributed by atoms with van der Waals surface area (Å²) in [4.78, 5) is 12.2. The summed E-state index contributed by atoms with van der Waals surface area (Å²) >= 11 is 0. The quantitative estimate of drug-likeness (QED) is 0.580. The summed E-state index contributed by atoms with van der Waals surface area (Å²) in [5.74, 6) is 0.576. The van der Waals surface area contributed by atoms with Crippen molar-refractivity contribution in [3.8, 4) is 0 Å². The third kappa shape index (κ3) is 1.46. The maximum Gasteiger partial charge on any atom is 0.303 e. The van der Waals surface area contributed by atoms with Gasteiger partial charge < -0.3 is 10.0 Å². The van der Waals surface area contributed by atoms with Crippen LogP contribution in [0.5, 0.6) is 0 Å².